The molecule has 0 radical (unpaired) electrons. The summed E-state index contributed by atoms with van der Waals surface area (Å²) in [5.41, 5.74) is 3.20. The number of nitrogens with zero attached hydrogens (tertiary/aromatic N) is 3. The standard InChI is InChI=1S/C18H25N3O3S/c1-4-14-6-7-17(10-15(14)5-2)25(22,23)21-8-9-24-18(13-21)16-11-19-20(3)12-16/h6-7,10-12,18H,4-5,8-9,13H2,1-3H3/t18-/m1/s1. The molecule has 3 rings (SSSR count). The Hall–Kier alpha value is -1.70. The minimum Gasteiger partial charge on any atom is -0.371 e. The number of hydrogen-bond acceptors (Lipinski definition) is 4. The topological polar surface area (TPSA) is 64.4 Å². The summed E-state index contributed by atoms with van der Waals surface area (Å²) in [5, 5.41) is 4.15. The van der Waals surface area contributed by atoms with Crippen LogP contribution in [-0.4, -0.2) is 42.2 Å². The van der Waals surface area contributed by atoms with Gasteiger partial charge in [0.15, 0.2) is 0 Å². The van der Waals surface area contributed by atoms with Gasteiger partial charge in [0.2, 0.25) is 10.0 Å². The molecular formula is C18H25N3O3S. The highest BCUT2D eigenvalue weighted by molar-refractivity contribution is 7.89. The van der Waals surface area contributed by atoms with Crippen LogP contribution in [0.2, 0.25) is 0 Å². The molecule has 0 unspecified atom stereocenters. The molecule has 0 spiro atoms. The third-order valence-electron chi connectivity index (χ3n) is 4.70. The first-order valence-electron chi connectivity index (χ1n) is 8.67. The average Bonchev–Trinajstić information content (AvgIpc) is 3.07. The van der Waals surface area contributed by atoms with Gasteiger partial charge in [0.25, 0.3) is 0 Å². The van der Waals surface area contributed by atoms with Gasteiger partial charge >= 0.3 is 0 Å². The van der Waals surface area contributed by atoms with Crippen LogP contribution in [-0.2, 0) is 34.6 Å². The van der Waals surface area contributed by atoms with E-state index in [1.165, 1.54) is 9.87 Å². The van der Waals surface area contributed by atoms with Crippen molar-refractivity contribution in [3.05, 3.63) is 47.3 Å². The van der Waals surface area contributed by atoms with Gasteiger partial charge in [-0.05, 0) is 36.1 Å². The van der Waals surface area contributed by atoms with Gasteiger partial charge in [0.1, 0.15) is 0 Å². The fraction of sp³-hybridized carbons (Fsp3) is 0.500. The van der Waals surface area contributed by atoms with Crippen LogP contribution in [0.3, 0.4) is 0 Å². The van der Waals surface area contributed by atoms with Crippen LogP contribution >= 0.6 is 0 Å². The molecule has 2 heterocycles. The molecule has 1 atom stereocenters. The molecule has 136 valence electrons. The second-order valence-electron chi connectivity index (χ2n) is 6.31. The van der Waals surface area contributed by atoms with E-state index in [4.69, 9.17) is 4.74 Å². The summed E-state index contributed by atoms with van der Waals surface area (Å²) in [6.07, 6.45) is 5.05. The van der Waals surface area contributed by atoms with Crippen molar-refractivity contribution >= 4 is 10.0 Å². The van der Waals surface area contributed by atoms with Crippen LogP contribution < -0.4 is 0 Å². The summed E-state index contributed by atoms with van der Waals surface area (Å²) < 4.78 is 35.2. The number of aryl methyl sites for hydroxylation is 3. The molecule has 6 nitrogen and oxygen atoms in total. The van der Waals surface area contributed by atoms with E-state index in [0.29, 0.717) is 24.6 Å². The van der Waals surface area contributed by atoms with E-state index in [9.17, 15) is 8.42 Å². The molecule has 1 fully saturated rings. The van der Waals surface area contributed by atoms with Crippen molar-refractivity contribution in [3.63, 3.8) is 0 Å². The summed E-state index contributed by atoms with van der Waals surface area (Å²) in [4.78, 5) is 0.369. The van der Waals surface area contributed by atoms with Crippen LogP contribution in [0.15, 0.2) is 35.5 Å². The van der Waals surface area contributed by atoms with E-state index >= 15 is 0 Å². The monoisotopic (exact) mass is 363 g/mol. The molecule has 1 aromatic carbocycles. The number of hydrogen-bond donors (Lipinski definition) is 0. The lowest BCUT2D eigenvalue weighted by molar-refractivity contribution is -0.00259. The minimum absolute atomic E-state index is 0.280. The number of benzene rings is 1. The van der Waals surface area contributed by atoms with Gasteiger partial charge < -0.3 is 4.74 Å². The third-order valence-corrected chi connectivity index (χ3v) is 6.56. The van der Waals surface area contributed by atoms with E-state index in [2.05, 4.69) is 18.9 Å². The molecule has 0 bridgehead atoms. The maximum absolute atomic E-state index is 13.1. The van der Waals surface area contributed by atoms with Crippen molar-refractivity contribution in [3.8, 4) is 0 Å². The summed E-state index contributed by atoms with van der Waals surface area (Å²) in [5.74, 6) is 0. The zero-order chi connectivity index (χ0) is 18.0. The number of ether oxygens (including phenoxy) is 1. The van der Waals surface area contributed by atoms with Crippen molar-refractivity contribution in [2.75, 3.05) is 19.7 Å². The third kappa shape index (κ3) is 3.63. The quantitative estimate of drug-likeness (QED) is 0.818. The zero-order valence-corrected chi connectivity index (χ0v) is 15.8. The summed E-state index contributed by atoms with van der Waals surface area (Å²) >= 11 is 0. The SMILES string of the molecule is CCc1ccc(S(=O)(=O)N2CCO[C@@H](c3cnn(C)c3)C2)cc1CC. The minimum atomic E-state index is -3.53. The van der Waals surface area contributed by atoms with Crippen molar-refractivity contribution in [1.29, 1.82) is 0 Å². The second kappa shape index (κ2) is 7.27. The molecule has 0 N–H and O–H groups in total. The zero-order valence-electron chi connectivity index (χ0n) is 15.0. The molecule has 0 saturated carbocycles. The first kappa shape index (κ1) is 18.1. The van der Waals surface area contributed by atoms with Crippen LogP contribution in [0.4, 0.5) is 0 Å². The maximum atomic E-state index is 13.1. The Morgan fingerprint density at radius 1 is 1.24 bits per heavy atom. The Labute approximate surface area is 149 Å². The van der Waals surface area contributed by atoms with E-state index in [-0.39, 0.29) is 6.10 Å². The highest BCUT2D eigenvalue weighted by Crippen LogP contribution is 2.27. The molecule has 0 amide bonds. The second-order valence-corrected chi connectivity index (χ2v) is 8.25. The van der Waals surface area contributed by atoms with Crippen LogP contribution in [0.5, 0.6) is 0 Å². The fourth-order valence-corrected chi connectivity index (χ4v) is 4.71. The molecule has 0 aliphatic carbocycles. The predicted molar refractivity (Wildman–Crippen MR) is 95.9 cm³/mol. The van der Waals surface area contributed by atoms with Gasteiger partial charge in [-0.2, -0.15) is 9.40 Å². The summed E-state index contributed by atoms with van der Waals surface area (Å²) in [6.45, 7) is 5.20. The Kier molecular flexibility index (Phi) is 5.27. The predicted octanol–water partition coefficient (Wildman–Crippen LogP) is 2.31. The van der Waals surface area contributed by atoms with E-state index in [1.54, 1.807) is 16.9 Å². The van der Waals surface area contributed by atoms with Crippen LogP contribution in [0, 0.1) is 0 Å². The van der Waals surface area contributed by atoms with Gasteiger partial charge in [-0.25, -0.2) is 8.42 Å². The first-order valence-corrected chi connectivity index (χ1v) is 10.1. The highest BCUT2D eigenvalue weighted by Gasteiger charge is 2.32. The van der Waals surface area contributed by atoms with Crippen molar-refractivity contribution < 1.29 is 13.2 Å². The maximum Gasteiger partial charge on any atom is 0.243 e. The van der Waals surface area contributed by atoms with Crippen LogP contribution in [0.25, 0.3) is 0 Å². The molecule has 1 aromatic heterocycles. The van der Waals surface area contributed by atoms with Gasteiger partial charge in [-0.1, -0.05) is 19.9 Å². The first-order chi connectivity index (χ1) is 12.0. The van der Waals surface area contributed by atoms with Crippen molar-refractivity contribution in [1.82, 2.24) is 14.1 Å². The molecule has 25 heavy (non-hydrogen) atoms. The van der Waals surface area contributed by atoms with Crippen molar-refractivity contribution in [2.45, 2.75) is 37.7 Å². The van der Waals surface area contributed by atoms with Gasteiger partial charge in [-0.3, -0.25) is 4.68 Å². The largest absolute Gasteiger partial charge is 0.371 e. The molecule has 2 aromatic rings. The van der Waals surface area contributed by atoms with E-state index < -0.39 is 10.0 Å². The lowest BCUT2D eigenvalue weighted by Crippen LogP contribution is -2.42. The molecular weight excluding hydrogens is 338 g/mol. The summed E-state index contributed by atoms with van der Waals surface area (Å²) in [6, 6.07) is 5.48. The Morgan fingerprint density at radius 3 is 2.64 bits per heavy atom. The molecule has 1 aliphatic rings. The molecule has 1 aliphatic heterocycles. The van der Waals surface area contributed by atoms with Gasteiger partial charge in [0.05, 0.1) is 23.8 Å². The van der Waals surface area contributed by atoms with Gasteiger partial charge in [0, 0.05) is 31.9 Å². The number of rotatable bonds is 5. The lowest BCUT2D eigenvalue weighted by Gasteiger charge is -2.31. The van der Waals surface area contributed by atoms with E-state index in [0.717, 1.165) is 24.0 Å². The van der Waals surface area contributed by atoms with Crippen LogP contribution in [0.1, 0.15) is 36.6 Å². The number of morpholine rings is 1. The Morgan fingerprint density at radius 2 is 2.00 bits per heavy atom. The highest BCUT2D eigenvalue weighted by atomic mass is 32.2. The Bertz CT molecular complexity index is 845. The molecule has 7 heteroatoms. The number of sulfonamides is 1. The van der Waals surface area contributed by atoms with E-state index in [1.807, 2.05) is 25.4 Å². The normalized spacial score (nSPS) is 19.2. The molecule has 1 saturated heterocycles. The fourth-order valence-electron chi connectivity index (χ4n) is 3.24. The van der Waals surface area contributed by atoms with Gasteiger partial charge in [-0.15, -0.1) is 0 Å². The lowest BCUT2D eigenvalue weighted by atomic mass is 10.0. The average molecular weight is 363 g/mol. The smallest absolute Gasteiger partial charge is 0.243 e. The number of aromatic nitrogens is 2. The summed E-state index contributed by atoms with van der Waals surface area (Å²) in [7, 11) is -1.69. The van der Waals surface area contributed by atoms with Crippen molar-refractivity contribution in [2.24, 2.45) is 7.05 Å². The Balaban J connectivity index is 1.86.